The lowest BCUT2D eigenvalue weighted by molar-refractivity contribution is -0.385. The molecule has 23 heavy (non-hydrogen) atoms. The van der Waals surface area contributed by atoms with Gasteiger partial charge >= 0.3 is 5.69 Å². The first kappa shape index (κ1) is 17.4. The average molecular weight is 324 g/mol. The summed E-state index contributed by atoms with van der Waals surface area (Å²) in [5.74, 6) is -0.453. The number of hydrogen-bond acceptors (Lipinski definition) is 5. The highest BCUT2D eigenvalue weighted by molar-refractivity contribution is 5.97. The second-order valence-corrected chi connectivity index (χ2v) is 6.09. The second-order valence-electron chi connectivity index (χ2n) is 6.09. The molecule has 1 aliphatic rings. The summed E-state index contributed by atoms with van der Waals surface area (Å²) in [5.41, 5.74) is -0.115. The summed E-state index contributed by atoms with van der Waals surface area (Å²) in [5, 5.41) is 18.2. The molecule has 0 bridgehead atoms. The predicted octanol–water partition coefficient (Wildman–Crippen LogP) is 1.96. The predicted molar refractivity (Wildman–Crippen MR) is 84.3 cm³/mol. The van der Waals surface area contributed by atoms with Crippen molar-refractivity contribution in [2.75, 3.05) is 7.11 Å². The second kappa shape index (κ2) is 6.27. The van der Waals surface area contributed by atoms with E-state index in [2.05, 4.69) is 24.3 Å². The Morgan fingerprint density at radius 3 is 2.61 bits per heavy atom. The summed E-state index contributed by atoms with van der Waals surface area (Å²) < 4.78 is 6.79. The molecule has 0 radical (unpaired) electrons. The van der Waals surface area contributed by atoms with Crippen LogP contribution in [0.4, 0.5) is 5.69 Å². The van der Waals surface area contributed by atoms with Crippen molar-refractivity contribution >= 4 is 11.6 Å². The van der Waals surface area contributed by atoms with Crippen LogP contribution in [0, 0.1) is 22.5 Å². The number of carbonyl (C=O) groups is 1. The molecule has 8 nitrogen and oxygen atoms in total. The van der Waals surface area contributed by atoms with Gasteiger partial charge < -0.3 is 10.1 Å². The third-order valence-electron chi connectivity index (χ3n) is 5.28. The van der Waals surface area contributed by atoms with E-state index >= 15 is 0 Å². The van der Waals surface area contributed by atoms with E-state index < -0.39 is 10.8 Å². The molecule has 1 aromatic heterocycles. The monoisotopic (exact) mass is 324 g/mol. The van der Waals surface area contributed by atoms with Crippen molar-refractivity contribution in [1.29, 1.82) is 0 Å². The molecule has 1 heterocycles. The zero-order valence-electron chi connectivity index (χ0n) is 14.3. The van der Waals surface area contributed by atoms with E-state index in [1.165, 1.54) is 11.6 Å². The van der Waals surface area contributed by atoms with Crippen molar-refractivity contribution in [1.82, 2.24) is 15.1 Å². The largest absolute Gasteiger partial charge is 0.381 e. The summed E-state index contributed by atoms with van der Waals surface area (Å²) in [4.78, 5) is 23.3. The molecule has 128 valence electrons. The Hall–Kier alpha value is -1.96. The molecule has 8 heteroatoms. The number of aromatic nitrogens is 2. The quantitative estimate of drug-likeness (QED) is 0.637. The maximum Gasteiger partial charge on any atom is 0.322 e. The summed E-state index contributed by atoms with van der Waals surface area (Å²) in [7, 11) is 3.22. The molecule has 1 fully saturated rings. The Kier molecular flexibility index (Phi) is 4.74. The van der Waals surface area contributed by atoms with Crippen LogP contribution in [0.5, 0.6) is 0 Å². The van der Waals surface area contributed by atoms with Gasteiger partial charge in [0.25, 0.3) is 5.91 Å². The zero-order valence-corrected chi connectivity index (χ0v) is 14.3. The highest BCUT2D eigenvalue weighted by Gasteiger charge is 2.54. The van der Waals surface area contributed by atoms with Gasteiger partial charge in [0, 0.05) is 25.6 Å². The Morgan fingerprint density at radius 2 is 2.13 bits per heavy atom. The molecule has 1 saturated carbocycles. The normalized spacial score (nSPS) is 22.5. The van der Waals surface area contributed by atoms with Gasteiger partial charge in [0.05, 0.1) is 11.0 Å². The summed E-state index contributed by atoms with van der Waals surface area (Å²) in [6.45, 7) is 5.68. The van der Waals surface area contributed by atoms with Gasteiger partial charge in [-0.25, -0.2) is 0 Å². The van der Waals surface area contributed by atoms with Gasteiger partial charge in [-0.1, -0.05) is 13.8 Å². The van der Waals surface area contributed by atoms with Gasteiger partial charge in [-0.3, -0.25) is 19.6 Å². The minimum absolute atomic E-state index is 0.00512. The van der Waals surface area contributed by atoms with Gasteiger partial charge in [-0.2, -0.15) is 5.10 Å². The number of methoxy groups -OCH3 is 1. The first-order chi connectivity index (χ1) is 10.8. The molecule has 0 aromatic carbocycles. The van der Waals surface area contributed by atoms with Crippen LogP contribution in [0.1, 0.15) is 49.3 Å². The highest BCUT2D eigenvalue weighted by Crippen LogP contribution is 2.48. The molecule has 0 aliphatic heterocycles. The van der Waals surface area contributed by atoms with E-state index in [4.69, 9.17) is 4.74 Å². The van der Waals surface area contributed by atoms with E-state index in [-0.39, 0.29) is 34.6 Å². The average Bonchev–Trinajstić information content (AvgIpc) is 2.79. The fourth-order valence-electron chi connectivity index (χ4n) is 3.83. The van der Waals surface area contributed by atoms with Crippen molar-refractivity contribution in [3.8, 4) is 0 Å². The number of rotatable bonds is 6. The topological polar surface area (TPSA) is 99.3 Å². The fraction of sp³-hybridized carbons (Fsp3) is 0.733. The molecule has 1 aliphatic carbocycles. The lowest BCUT2D eigenvalue weighted by atomic mass is 9.58. The Morgan fingerprint density at radius 1 is 1.52 bits per heavy atom. The smallest absolute Gasteiger partial charge is 0.322 e. The lowest BCUT2D eigenvalue weighted by Crippen LogP contribution is -2.64. The number of ether oxygens (including phenoxy) is 1. The van der Waals surface area contributed by atoms with Crippen molar-refractivity contribution in [3.63, 3.8) is 0 Å². The number of nitro groups is 1. The van der Waals surface area contributed by atoms with E-state index in [0.29, 0.717) is 6.42 Å². The summed E-state index contributed by atoms with van der Waals surface area (Å²) in [6.07, 6.45) is 2.57. The Labute approximate surface area is 135 Å². The number of aryl methyl sites for hydroxylation is 2. The maximum absolute atomic E-state index is 12.6. The SMILES string of the molecule is CCC1(CC)[C@@H](NC(=O)c2c([N+](=O)[O-])c(C)nn2C)C[C@H]1OC. The van der Waals surface area contributed by atoms with Crippen LogP contribution in [0.25, 0.3) is 0 Å². The van der Waals surface area contributed by atoms with Crippen LogP contribution in [0.15, 0.2) is 0 Å². The van der Waals surface area contributed by atoms with E-state index in [1.807, 2.05) is 0 Å². The summed E-state index contributed by atoms with van der Waals surface area (Å²) >= 11 is 0. The molecule has 2 rings (SSSR count). The minimum atomic E-state index is -0.553. The third kappa shape index (κ3) is 2.60. The van der Waals surface area contributed by atoms with Crippen molar-refractivity contribution in [2.24, 2.45) is 12.5 Å². The molecule has 1 amide bonds. The van der Waals surface area contributed by atoms with E-state index in [1.54, 1.807) is 14.2 Å². The Balaban J connectivity index is 2.26. The highest BCUT2D eigenvalue weighted by atomic mass is 16.6. The van der Waals surface area contributed by atoms with Crippen molar-refractivity contribution in [3.05, 3.63) is 21.5 Å². The Bertz CT molecular complexity index is 621. The molecule has 1 N–H and O–H groups in total. The summed E-state index contributed by atoms with van der Waals surface area (Å²) in [6, 6.07) is -0.0511. The van der Waals surface area contributed by atoms with E-state index in [9.17, 15) is 14.9 Å². The van der Waals surface area contributed by atoms with Gasteiger partial charge in [0.15, 0.2) is 0 Å². The standard InChI is InChI=1S/C15H24N4O4/c1-6-15(7-2)10(8-11(15)23-5)16-14(20)13-12(19(21)22)9(3)17-18(13)4/h10-11H,6-8H2,1-5H3,(H,16,20)/t10-,11+/m0/s1. The first-order valence-corrected chi connectivity index (χ1v) is 7.84. The molecule has 0 spiro atoms. The van der Waals surface area contributed by atoms with Crippen LogP contribution in [0.3, 0.4) is 0 Å². The number of nitrogens with zero attached hydrogens (tertiary/aromatic N) is 3. The van der Waals surface area contributed by atoms with Crippen LogP contribution in [0.2, 0.25) is 0 Å². The number of carbonyl (C=O) groups excluding carboxylic acids is 1. The third-order valence-corrected chi connectivity index (χ3v) is 5.28. The van der Waals surface area contributed by atoms with Crippen molar-refractivity contribution in [2.45, 2.75) is 52.2 Å². The number of hydrogen-bond donors (Lipinski definition) is 1. The lowest BCUT2D eigenvalue weighted by Gasteiger charge is -2.55. The van der Waals surface area contributed by atoms with Crippen LogP contribution < -0.4 is 5.32 Å². The van der Waals surface area contributed by atoms with Gasteiger partial charge in [0.2, 0.25) is 5.69 Å². The van der Waals surface area contributed by atoms with Crippen LogP contribution in [-0.4, -0.2) is 39.9 Å². The number of nitrogens with one attached hydrogen (secondary N) is 1. The van der Waals surface area contributed by atoms with E-state index in [0.717, 1.165) is 12.8 Å². The van der Waals surface area contributed by atoms with Crippen LogP contribution in [-0.2, 0) is 11.8 Å². The minimum Gasteiger partial charge on any atom is -0.381 e. The van der Waals surface area contributed by atoms with Crippen molar-refractivity contribution < 1.29 is 14.5 Å². The molecule has 1 aromatic rings. The molecule has 0 unspecified atom stereocenters. The fourth-order valence-corrected chi connectivity index (χ4v) is 3.83. The van der Waals surface area contributed by atoms with Crippen LogP contribution >= 0.6 is 0 Å². The first-order valence-electron chi connectivity index (χ1n) is 7.84. The van der Waals surface area contributed by atoms with Gasteiger partial charge in [0.1, 0.15) is 5.69 Å². The zero-order chi connectivity index (χ0) is 17.4. The maximum atomic E-state index is 12.6. The van der Waals surface area contributed by atoms with Gasteiger partial charge in [-0.05, 0) is 26.2 Å². The van der Waals surface area contributed by atoms with Gasteiger partial charge in [-0.15, -0.1) is 0 Å². The number of amides is 1. The molecule has 2 atom stereocenters. The molecular weight excluding hydrogens is 300 g/mol. The molecule has 0 saturated heterocycles. The molecular formula is C15H24N4O4.